The first-order valence-corrected chi connectivity index (χ1v) is 6.39. The highest BCUT2D eigenvalue weighted by molar-refractivity contribution is 5.43. The smallest absolute Gasteiger partial charge is 0.124 e. The zero-order chi connectivity index (χ0) is 13.8. The summed E-state index contributed by atoms with van der Waals surface area (Å²) in [7, 11) is 1.71. The molecule has 1 aromatic rings. The van der Waals surface area contributed by atoms with Crippen LogP contribution in [0, 0.1) is 13.8 Å². The lowest BCUT2D eigenvalue weighted by molar-refractivity contribution is 0.230. The van der Waals surface area contributed by atoms with Gasteiger partial charge in [0.2, 0.25) is 0 Å². The SMILES string of the molecule is COc1c(C)cc(CNC(C)(C)CCO)cc1C. The summed E-state index contributed by atoms with van der Waals surface area (Å²) < 4.78 is 5.36. The molecular weight excluding hydrogens is 226 g/mol. The number of aliphatic hydroxyl groups is 1. The van der Waals surface area contributed by atoms with E-state index < -0.39 is 0 Å². The average Bonchev–Trinajstić information content (AvgIpc) is 2.26. The maximum absolute atomic E-state index is 9.00. The van der Waals surface area contributed by atoms with Crippen molar-refractivity contribution in [1.29, 1.82) is 0 Å². The highest BCUT2D eigenvalue weighted by Gasteiger charge is 2.16. The summed E-state index contributed by atoms with van der Waals surface area (Å²) in [5, 5.41) is 12.5. The zero-order valence-corrected chi connectivity index (χ0v) is 12.1. The highest BCUT2D eigenvalue weighted by Crippen LogP contribution is 2.24. The molecule has 0 radical (unpaired) electrons. The molecule has 0 fully saturated rings. The van der Waals surface area contributed by atoms with Crippen molar-refractivity contribution < 1.29 is 9.84 Å². The van der Waals surface area contributed by atoms with E-state index in [1.807, 2.05) is 0 Å². The summed E-state index contributed by atoms with van der Waals surface area (Å²) in [6.45, 7) is 9.35. The largest absolute Gasteiger partial charge is 0.496 e. The molecule has 1 rings (SSSR count). The number of nitrogens with one attached hydrogen (secondary N) is 1. The molecule has 0 bridgehead atoms. The van der Waals surface area contributed by atoms with Gasteiger partial charge in [-0.2, -0.15) is 0 Å². The number of methoxy groups -OCH3 is 1. The Morgan fingerprint density at radius 1 is 1.22 bits per heavy atom. The van der Waals surface area contributed by atoms with Gasteiger partial charge in [0.25, 0.3) is 0 Å². The topological polar surface area (TPSA) is 41.5 Å². The van der Waals surface area contributed by atoms with Crippen LogP contribution in [0.5, 0.6) is 5.75 Å². The number of hydrogen-bond acceptors (Lipinski definition) is 3. The van der Waals surface area contributed by atoms with Crippen LogP contribution in [0.1, 0.15) is 37.0 Å². The lowest BCUT2D eigenvalue weighted by atomic mass is 10.00. The van der Waals surface area contributed by atoms with E-state index in [2.05, 4.69) is 45.1 Å². The van der Waals surface area contributed by atoms with E-state index in [-0.39, 0.29) is 12.1 Å². The predicted molar refractivity (Wildman–Crippen MR) is 75.1 cm³/mol. The molecular formula is C15H25NO2. The first kappa shape index (κ1) is 15.0. The fraction of sp³-hybridized carbons (Fsp3) is 0.600. The number of aryl methyl sites for hydroxylation is 2. The molecule has 0 atom stereocenters. The number of hydrogen-bond donors (Lipinski definition) is 2. The van der Waals surface area contributed by atoms with Crippen molar-refractivity contribution in [2.24, 2.45) is 0 Å². The number of ether oxygens (including phenoxy) is 1. The van der Waals surface area contributed by atoms with Gasteiger partial charge in [-0.05, 0) is 50.8 Å². The molecule has 0 unspecified atom stereocenters. The average molecular weight is 251 g/mol. The fourth-order valence-corrected chi connectivity index (χ4v) is 2.17. The Bertz CT molecular complexity index is 376. The maximum atomic E-state index is 9.00. The maximum Gasteiger partial charge on any atom is 0.124 e. The van der Waals surface area contributed by atoms with Gasteiger partial charge in [0.15, 0.2) is 0 Å². The summed E-state index contributed by atoms with van der Waals surface area (Å²) in [6, 6.07) is 4.29. The quantitative estimate of drug-likeness (QED) is 0.816. The lowest BCUT2D eigenvalue weighted by Gasteiger charge is -2.26. The molecule has 102 valence electrons. The van der Waals surface area contributed by atoms with Crippen molar-refractivity contribution in [3.8, 4) is 5.75 Å². The van der Waals surface area contributed by atoms with Crippen molar-refractivity contribution in [2.75, 3.05) is 13.7 Å². The molecule has 0 aromatic heterocycles. The van der Waals surface area contributed by atoms with Crippen LogP contribution in [-0.2, 0) is 6.54 Å². The molecule has 2 N–H and O–H groups in total. The van der Waals surface area contributed by atoms with E-state index >= 15 is 0 Å². The fourth-order valence-electron chi connectivity index (χ4n) is 2.17. The molecule has 0 saturated heterocycles. The van der Waals surface area contributed by atoms with E-state index in [0.717, 1.165) is 29.8 Å². The zero-order valence-electron chi connectivity index (χ0n) is 12.1. The summed E-state index contributed by atoms with van der Waals surface area (Å²) in [6.07, 6.45) is 0.751. The van der Waals surface area contributed by atoms with Gasteiger partial charge < -0.3 is 15.2 Å². The highest BCUT2D eigenvalue weighted by atomic mass is 16.5. The van der Waals surface area contributed by atoms with Crippen LogP contribution in [-0.4, -0.2) is 24.4 Å². The van der Waals surface area contributed by atoms with Crippen LogP contribution in [0.4, 0.5) is 0 Å². The monoisotopic (exact) mass is 251 g/mol. The van der Waals surface area contributed by atoms with Gasteiger partial charge >= 0.3 is 0 Å². The van der Waals surface area contributed by atoms with E-state index in [4.69, 9.17) is 9.84 Å². The molecule has 0 aliphatic rings. The molecule has 18 heavy (non-hydrogen) atoms. The first-order chi connectivity index (χ1) is 8.39. The minimum atomic E-state index is -0.0452. The van der Waals surface area contributed by atoms with Crippen LogP contribution in [0.15, 0.2) is 12.1 Å². The molecule has 0 aliphatic carbocycles. The van der Waals surface area contributed by atoms with Crippen molar-refractivity contribution in [2.45, 2.75) is 46.2 Å². The second kappa shape index (κ2) is 6.21. The summed E-state index contributed by atoms with van der Waals surface area (Å²) in [5.74, 6) is 0.966. The summed E-state index contributed by atoms with van der Waals surface area (Å²) in [4.78, 5) is 0. The molecule has 0 saturated carbocycles. The van der Waals surface area contributed by atoms with E-state index in [0.29, 0.717) is 0 Å². The van der Waals surface area contributed by atoms with Gasteiger partial charge in [0.1, 0.15) is 5.75 Å². The van der Waals surface area contributed by atoms with Crippen LogP contribution in [0.25, 0.3) is 0 Å². The Morgan fingerprint density at radius 3 is 2.22 bits per heavy atom. The molecule has 1 aromatic carbocycles. The Labute approximate surface area is 110 Å². The van der Waals surface area contributed by atoms with Crippen LogP contribution in [0.2, 0.25) is 0 Å². The van der Waals surface area contributed by atoms with Gasteiger partial charge in [-0.3, -0.25) is 0 Å². The minimum Gasteiger partial charge on any atom is -0.496 e. The van der Waals surface area contributed by atoms with E-state index in [1.165, 1.54) is 5.56 Å². The van der Waals surface area contributed by atoms with Gasteiger partial charge in [-0.15, -0.1) is 0 Å². The van der Waals surface area contributed by atoms with Gasteiger partial charge in [-0.1, -0.05) is 12.1 Å². The molecule has 0 aliphatic heterocycles. The Kier molecular flexibility index (Phi) is 5.17. The first-order valence-electron chi connectivity index (χ1n) is 6.39. The third-order valence-corrected chi connectivity index (χ3v) is 3.23. The third kappa shape index (κ3) is 4.00. The minimum absolute atomic E-state index is 0.0452. The summed E-state index contributed by atoms with van der Waals surface area (Å²) >= 11 is 0. The van der Waals surface area contributed by atoms with Crippen molar-refractivity contribution >= 4 is 0 Å². The third-order valence-electron chi connectivity index (χ3n) is 3.23. The van der Waals surface area contributed by atoms with Crippen molar-refractivity contribution in [1.82, 2.24) is 5.32 Å². The van der Waals surface area contributed by atoms with Gasteiger partial charge in [0, 0.05) is 18.7 Å². The van der Waals surface area contributed by atoms with Crippen LogP contribution >= 0.6 is 0 Å². The second-order valence-electron chi connectivity index (χ2n) is 5.47. The normalized spacial score (nSPS) is 11.7. The standard InChI is InChI=1S/C15H25NO2/c1-11-8-13(9-12(2)14(11)18-5)10-16-15(3,4)6-7-17/h8-9,16-17H,6-7,10H2,1-5H3. The van der Waals surface area contributed by atoms with Crippen molar-refractivity contribution in [3.63, 3.8) is 0 Å². The van der Waals surface area contributed by atoms with E-state index in [9.17, 15) is 0 Å². The van der Waals surface area contributed by atoms with E-state index in [1.54, 1.807) is 7.11 Å². The Hall–Kier alpha value is -1.06. The second-order valence-corrected chi connectivity index (χ2v) is 5.47. The molecule has 3 nitrogen and oxygen atoms in total. The number of benzene rings is 1. The predicted octanol–water partition coefficient (Wildman–Crippen LogP) is 2.56. The molecule has 0 amide bonds. The lowest BCUT2D eigenvalue weighted by Crippen LogP contribution is -2.39. The number of aliphatic hydroxyl groups excluding tert-OH is 1. The van der Waals surface area contributed by atoms with Crippen LogP contribution < -0.4 is 10.1 Å². The summed E-state index contributed by atoms with van der Waals surface area (Å²) in [5.41, 5.74) is 3.52. The van der Waals surface area contributed by atoms with Gasteiger partial charge in [0.05, 0.1) is 7.11 Å². The van der Waals surface area contributed by atoms with Gasteiger partial charge in [-0.25, -0.2) is 0 Å². The molecule has 0 heterocycles. The van der Waals surface area contributed by atoms with Crippen LogP contribution in [0.3, 0.4) is 0 Å². The van der Waals surface area contributed by atoms with Crippen molar-refractivity contribution in [3.05, 3.63) is 28.8 Å². The molecule has 3 heteroatoms. The Morgan fingerprint density at radius 2 is 1.78 bits per heavy atom. The molecule has 0 spiro atoms. The Balaban J connectivity index is 2.75. The number of rotatable bonds is 6.